The van der Waals surface area contributed by atoms with Gasteiger partial charge in [0.05, 0.1) is 20.5 Å². The minimum atomic E-state index is -4.00. The zero-order chi connectivity index (χ0) is 15.6. The molecule has 1 aliphatic rings. The molecule has 9 heteroatoms. The largest absolute Gasteiger partial charge is 0.381 e. The minimum Gasteiger partial charge on any atom is -0.381 e. The third-order valence-electron chi connectivity index (χ3n) is 3.08. The maximum atomic E-state index is 12.2. The summed E-state index contributed by atoms with van der Waals surface area (Å²) in [6.45, 7) is 1.13. The highest BCUT2D eigenvalue weighted by Gasteiger charge is 2.22. The third-order valence-corrected chi connectivity index (χ3v) is 5.22. The molecule has 0 aromatic heterocycles. The summed E-state index contributed by atoms with van der Waals surface area (Å²) in [5, 5.41) is 2.73. The highest BCUT2D eigenvalue weighted by atomic mass is 35.7. The van der Waals surface area contributed by atoms with Crippen LogP contribution in [0.25, 0.3) is 0 Å². The molecule has 0 aliphatic carbocycles. The molecule has 0 unspecified atom stereocenters. The van der Waals surface area contributed by atoms with Crippen LogP contribution in [0.4, 0.5) is 0 Å². The van der Waals surface area contributed by atoms with E-state index in [9.17, 15) is 13.2 Å². The van der Waals surface area contributed by atoms with Crippen LogP contribution >= 0.6 is 33.9 Å². The fraction of sp³-hybridized carbons (Fsp3) is 0.417. The van der Waals surface area contributed by atoms with Gasteiger partial charge in [0.1, 0.15) is 0 Å². The van der Waals surface area contributed by atoms with Crippen LogP contribution in [0.1, 0.15) is 23.2 Å². The first-order chi connectivity index (χ1) is 9.79. The Hall–Kier alpha value is -0.530. The maximum Gasteiger partial charge on any atom is 0.261 e. The Morgan fingerprint density at radius 3 is 2.43 bits per heavy atom. The molecule has 1 aliphatic heterocycles. The minimum absolute atomic E-state index is 0.00899. The van der Waals surface area contributed by atoms with Crippen molar-refractivity contribution in [3.63, 3.8) is 0 Å². The van der Waals surface area contributed by atoms with Crippen molar-refractivity contribution in [2.75, 3.05) is 13.2 Å². The van der Waals surface area contributed by atoms with E-state index in [0.29, 0.717) is 26.1 Å². The molecular weight excluding hydrogens is 361 g/mol. The summed E-state index contributed by atoms with van der Waals surface area (Å²) in [7, 11) is 1.27. The second-order valence-electron chi connectivity index (χ2n) is 4.56. The van der Waals surface area contributed by atoms with Crippen LogP contribution in [-0.4, -0.2) is 33.6 Å². The topological polar surface area (TPSA) is 72.5 Å². The van der Waals surface area contributed by atoms with E-state index >= 15 is 0 Å². The smallest absolute Gasteiger partial charge is 0.261 e. The second kappa shape index (κ2) is 6.71. The number of hydrogen-bond donors (Lipinski definition) is 1. The summed E-state index contributed by atoms with van der Waals surface area (Å²) < 4.78 is 28.0. The maximum absolute atomic E-state index is 12.2. The molecule has 1 amide bonds. The molecule has 1 N–H and O–H groups in total. The van der Waals surface area contributed by atoms with E-state index in [4.69, 9.17) is 38.6 Å². The van der Waals surface area contributed by atoms with Crippen molar-refractivity contribution >= 4 is 48.8 Å². The molecule has 1 heterocycles. The van der Waals surface area contributed by atoms with Crippen molar-refractivity contribution in [1.29, 1.82) is 0 Å². The van der Waals surface area contributed by atoms with Gasteiger partial charge in [-0.3, -0.25) is 4.79 Å². The molecule has 116 valence electrons. The fourth-order valence-corrected chi connectivity index (χ4v) is 3.24. The second-order valence-corrected chi connectivity index (χ2v) is 7.92. The van der Waals surface area contributed by atoms with Crippen LogP contribution in [0.5, 0.6) is 0 Å². The van der Waals surface area contributed by atoms with Gasteiger partial charge in [-0.25, -0.2) is 8.42 Å². The number of carbonyl (C=O) groups is 1. The highest BCUT2D eigenvalue weighted by Crippen LogP contribution is 2.31. The lowest BCUT2D eigenvalue weighted by Crippen LogP contribution is -2.39. The normalized spacial score (nSPS) is 16.7. The highest BCUT2D eigenvalue weighted by molar-refractivity contribution is 8.13. The van der Waals surface area contributed by atoms with Gasteiger partial charge in [-0.05, 0) is 25.0 Å². The van der Waals surface area contributed by atoms with E-state index in [1.807, 2.05) is 0 Å². The molecule has 1 fully saturated rings. The molecule has 1 aromatic carbocycles. The van der Waals surface area contributed by atoms with Crippen molar-refractivity contribution in [2.45, 2.75) is 23.8 Å². The quantitative estimate of drug-likeness (QED) is 0.828. The van der Waals surface area contributed by atoms with Crippen LogP contribution in [0.3, 0.4) is 0 Å². The molecule has 0 saturated carbocycles. The van der Waals surface area contributed by atoms with Gasteiger partial charge in [-0.1, -0.05) is 23.2 Å². The Morgan fingerprint density at radius 1 is 1.24 bits per heavy atom. The van der Waals surface area contributed by atoms with E-state index in [0.717, 1.165) is 12.1 Å². The number of nitrogens with one attached hydrogen (secondary N) is 1. The summed E-state index contributed by atoms with van der Waals surface area (Å²) in [5.74, 6) is -0.490. The molecule has 21 heavy (non-hydrogen) atoms. The van der Waals surface area contributed by atoms with Crippen molar-refractivity contribution in [3.8, 4) is 0 Å². The lowest BCUT2D eigenvalue weighted by Gasteiger charge is -2.23. The average Bonchev–Trinajstić information content (AvgIpc) is 2.41. The fourth-order valence-electron chi connectivity index (χ4n) is 1.98. The van der Waals surface area contributed by atoms with Crippen LogP contribution in [-0.2, 0) is 13.8 Å². The van der Waals surface area contributed by atoms with Gasteiger partial charge >= 0.3 is 0 Å². The zero-order valence-corrected chi connectivity index (χ0v) is 13.8. The van der Waals surface area contributed by atoms with Crippen LogP contribution in [0.15, 0.2) is 17.0 Å². The number of rotatable bonds is 3. The van der Waals surface area contributed by atoms with Gasteiger partial charge in [-0.2, -0.15) is 0 Å². The number of ether oxygens (including phenoxy) is 1. The van der Waals surface area contributed by atoms with Crippen LogP contribution in [0, 0.1) is 0 Å². The molecular formula is C12H12Cl3NO4S. The standard InChI is InChI=1S/C12H12Cl3NO4S/c13-10-6-8(21(15,18)19)5-9(11(10)14)12(17)16-7-1-3-20-4-2-7/h5-7H,1-4H2,(H,16,17). The molecule has 1 saturated heterocycles. The Morgan fingerprint density at radius 2 is 1.86 bits per heavy atom. The average molecular weight is 373 g/mol. The van der Waals surface area contributed by atoms with Gasteiger partial charge in [0.2, 0.25) is 0 Å². The van der Waals surface area contributed by atoms with E-state index in [2.05, 4.69) is 5.32 Å². The number of benzene rings is 1. The summed E-state index contributed by atoms with van der Waals surface area (Å²) in [4.78, 5) is 12.0. The first-order valence-electron chi connectivity index (χ1n) is 6.11. The first kappa shape index (κ1) is 16.8. The molecule has 0 radical (unpaired) electrons. The molecule has 0 spiro atoms. The lowest BCUT2D eigenvalue weighted by molar-refractivity contribution is 0.0696. The summed E-state index contributed by atoms with van der Waals surface area (Å²) in [5.41, 5.74) is -0.0186. The summed E-state index contributed by atoms with van der Waals surface area (Å²) in [6, 6.07) is 2.18. The number of halogens is 3. The number of amides is 1. The summed E-state index contributed by atoms with van der Waals surface area (Å²) in [6.07, 6.45) is 1.37. The van der Waals surface area contributed by atoms with Crippen LogP contribution < -0.4 is 5.32 Å². The van der Waals surface area contributed by atoms with Gasteiger partial charge in [0.25, 0.3) is 15.0 Å². The summed E-state index contributed by atoms with van der Waals surface area (Å²) >= 11 is 11.8. The predicted octanol–water partition coefficient (Wildman–Crippen LogP) is 2.83. The lowest BCUT2D eigenvalue weighted by atomic mass is 10.1. The molecule has 0 bridgehead atoms. The zero-order valence-electron chi connectivity index (χ0n) is 10.7. The van der Waals surface area contributed by atoms with Gasteiger partial charge < -0.3 is 10.1 Å². The number of hydrogen-bond acceptors (Lipinski definition) is 4. The Labute approximate surface area is 136 Å². The van der Waals surface area contributed by atoms with Crippen molar-refractivity contribution in [3.05, 3.63) is 27.7 Å². The van der Waals surface area contributed by atoms with Gasteiger partial charge in [-0.15, -0.1) is 0 Å². The monoisotopic (exact) mass is 371 g/mol. The third kappa shape index (κ3) is 4.23. The Bertz CT molecular complexity index is 657. The predicted molar refractivity (Wildman–Crippen MR) is 80.8 cm³/mol. The van der Waals surface area contributed by atoms with E-state index in [1.54, 1.807) is 0 Å². The Kier molecular flexibility index (Phi) is 5.38. The van der Waals surface area contributed by atoms with Crippen molar-refractivity contribution in [1.82, 2.24) is 5.32 Å². The van der Waals surface area contributed by atoms with E-state index < -0.39 is 15.0 Å². The molecule has 2 rings (SSSR count). The SMILES string of the molecule is O=C(NC1CCOCC1)c1cc(S(=O)(=O)Cl)cc(Cl)c1Cl. The number of carbonyl (C=O) groups excluding carboxylic acids is 1. The van der Waals surface area contributed by atoms with Gasteiger partial charge in [0, 0.05) is 29.9 Å². The van der Waals surface area contributed by atoms with Crippen molar-refractivity contribution < 1.29 is 17.9 Å². The van der Waals surface area contributed by atoms with Crippen molar-refractivity contribution in [2.24, 2.45) is 0 Å². The first-order valence-corrected chi connectivity index (χ1v) is 9.18. The molecule has 0 atom stereocenters. The van der Waals surface area contributed by atoms with E-state index in [1.165, 1.54) is 0 Å². The van der Waals surface area contributed by atoms with Crippen LogP contribution in [0.2, 0.25) is 10.0 Å². The Balaban J connectivity index is 2.29. The van der Waals surface area contributed by atoms with E-state index in [-0.39, 0.29) is 26.5 Å². The molecule has 1 aromatic rings. The van der Waals surface area contributed by atoms with Gasteiger partial charge in [0.15, 0.2) is 0 Å². The molecule has 5 nitrogen and oxygen atoms in total.